The van der Waals surface area contributed by atoms with E-state index in [1.807, 2.05) is 27.7 Å². The number of amides is 1. The van der Waals surface area contributed by atoms with Crippen LogP contribution in [0.15, 0.2) is 0 Å². The highest BCUT2D eigenvalue weighted by atomic mass is 16.6. The van der Waals surface area contributed by atoms with Gasteiger partial charge in [-0.2, -0.15) is 5.26 Å². The van der Waals surface area contributed by atoms with Crippen LogP contribution < -0.4 is 0 Å². The molecular formula is C14H25N3O2. The Balaban J connectivity index is 2.42. The van der Waals surface area contributed by atoms with E-state index in [2.05, 4.69) is 11.0 Å². The van der Waals surface area contributed by atoms with Crippen LogP contribution in [0.2, 0.25) is 0 Å². The molecule has 0 aromatic carbocycles. The molecule has 0 aromatic heterocycles. The van der Waals surface area contributed by atoms with E-state index in [-0.39, 0.29) is 12.1 Å². The number of carbonyl (C=O) groups excluding carboxylic acids is 1. The summed E-state index contributed by atoms with van der Waals surface area (Å²) in [6.45, 7) is 11.0. The molecule has 0 N–H and O–H groups in total. The topological polar surface area (TPSA) is 56.6 Å². The summed E-state index contributed by atoms with van der Waals surface area (Å²) in [5.74, 6) is 0. The average Bonchev–Trinajstić information content (AvgIpc) is 2.27. The smallest absolute Gasteiger partial charge is 0.410 e. The fourth-order valence-corrected chi connectivity index (χ4v) is 2.21. The van der Waals surface area contributed by atoms with Crippen LogP contribution in [0.4, 0.5) is 4.79 Å². The Labute approximate surface area is 116 Å². The molecule has 19 heavy (non-hydrogen) atoms. The Kier molecular flexibility index (Phi) is 5.61. The molecule has 5 nitrogen and oxygen atoms in total. The molecule has 108 valence electrons. The fourth-order valence-electron chi connectivity index (χ4n) is 2.21. The third-order valence-corrected chi connectivity index (χ3v) is 3.10. The molecule has 1 aliphatic heterocycles. The molecule has 1 amide bonds. The van der Waals surface area contributed by atoms with Crippen molar-refractivity contribution in [2.24, 2.45) is 0 Å². The van der Waals surface area contributed by atoms with Crippen LogP contribution in [0, 0.1) is 11.3 Å². The van der Waals surface area contributed by atoms with Crippen LogP contribution in [0.1, 0.15) is 40.5 Å². The maximum Gasteiger partial charge on any atom is 0.410 e. The molecule has 0 saturated carbocycles. The second-order valence-corrected chi connectivity index (χ2v) is 6.09. The van der Waals surface area contributed by atoms with Crippen molar-refractivity contribution < 1.29 is 9.53 Å². The maximum absolute atomic E-state index is 12.0. The van der Waals surface area contributed by atoms with Gasteiger partial charge in [-0.05, 0) is 40.7 Å². The summed E-state index contributed by atoms with van der Waals surface area (Å²) in [5, 5.41) is 8.53. The van der Waals surface area contributed by atoms with Gasteiger partial charge >= 0.3 is 6.09 Å². The lowest BCUT2D eigenvalue weighted by Crippen LogP contribution is -2.55. The standard InChI is InChI=1S/C14H25N3O2/c1-12-11-16(8-6-5-7-15)9-10-17(12)13(18)19-14(2,3)4/h12H,5-6,8-11H2,1-4H3/t12-/m0/s1. The minimum Gasteiger partial charge on any atom is -0.444 e. The van der Waals surface area contributed by atoms with E-state index in [1.165, 1.54) is 0 Å². The summed E-state index contributed by atoms with van der Waals surface area (Å²) in [6, 6.07) is 2.32. The number of piperazine rings is 1. The van der Waals surface area contributed by atoms with Gasteiger partial charge in [0.1, 0.15) is 5.60 Å². The van der Waals surface area contributed by atoms with Crippen LogP contribution in [0.25, 0.3) is 0 Å². The van der Waals surface area contributed by atoms with Gasteiger partial charge in [0.15, 0.2) is 0 Å². The first-order chi connectivity index (χ1) is 8.83. The zero-order chi connectivity index (χ0) is 14.5. The fraction of sp³-hybridized carbons (Fsp3) is 0.857. The van der Waals surface area contributed by atoms with E-state index >= 15 is 0 Å². The van der Waals surface area contributed by atoms with Crippen LogP contribution in [-0.2, 0) is 4.74 Å². The van der Waals surface area contributed by atoms with E-state index in [0.29, 0.717) is 13.0 Å². The lowest BCUT2D eigenvalue weighted by Gasteiger charge is -2.40. The first kappa shape index (κ1) is 15.8. The average molecular weight is 267 g/mol. The zero-order valence-corrected chi connectivity index (χ0v) is 12.5. The van der Waals surface area contributed by atoms with Gasteiger partial charge in [0.05, 0.1) is 6.07 Å². The van der Waals surface area contributed by atoms with E-state index in [1.54, 1.807) is 4.90 Å². The number of rotatable bonds is 3. The zero-order valence-electron chi connectivity index (χ0n) is 12.5. The minimum atomic E-state index is -0.444. The lowest BCUT2D eigenvalue weighted by atomic mass is 10.1. The predicted octanol–water partition coefficient (Wildman–Crippen LogP) is 2.23. The van der Waals surface area contributed by atoms with Crippen molar-refractivity contribution in [3.63, 3.8) is 0 Å². The molecule has 1 rings (SSSR count). The summed E-state index contributed by atoms with van der Waals surface area (Å²) in [6.07, 6.45) is 1.27. The van der Waals surface area contributed by atoms with Crippen LogP contribution in [-0.4, -0.2) is 53.7 Å². The molecule has 1 heterocycles. The quantitative estimate of drug-likeness (QED) is 0.736. The Hall–Kier alpha value is -1.28. The third-order valence-electron chi connectivity index (χ3n) is 3.10. The molecule has 1 fully saturated rings. The van der Waals surface area contributed by atoms with E-state index < -0.39 is 5.60 Å². The Morgan fingerprint density at radius 3 is 2.63 bits per heavy atom. The molecule has 0 aromatic rings. The number of hydrogen-bond donors (Lipinski definition) is 0. The van der Waals surface area contributed by atoms with Crippen LogP contribution >= 0.6 is 0 Å². The van der Waals surface area contributed by atoms with E-state index in [0.717, 1.165) is 26.1 Å². The number of unbranched alkanes of at least 4 members (excludes halogenated alkanes) is 1. The number of ether oxygens (including phenoxy) is 1. The first-order valence-corrected chi connectivity index (χ1v) is 6.92. The van der Waals surface area contributed by atoms with Crippen molar-refractivity contribution in [3.8, 4) is 6.07 Å². The highest BCUT2D eigenvalue weighted by Crippen LogP contribution is 2.15. The summed E-state index contributed by atoms with van der Waals surface area (Å²) in [4.78, 5) is 16.1. The summed E-state index contributed by atoms with van der Waals surface area (Å²) in [7, 11) is 0. The second kappa shape index (κ2) is 6.76. The first-order valence-electron chi connectivity index (χ1n) is 6.92. The van der Waals surface area contributed by atoms with Crippen molar-refractivity contribution in [1.82, 2.24) is 9.80 Å². The monoisotopic (exact) mass is 267 g/mol. The summed E-state index contributed by atoms with van der Waals surface area (Å²) in [5.41, 5.74) is -0.444. The van der Waals surface area contributed by atoms with Crippen molar-refractivity contribution in [2.75, 3.05) is 26.2 Å². The molecule has 1 aliphatic rings. The molecule has 5 heteroatoms. The largest absolute Gasteiger partial charge is 0.444 e. The Morgan fingerprint density at radius 2 is 2.11 bits per heavy atom. The number of carbonyl (C=O) groups is 1. The van der Waals surface area contributed by atoms with Gasteiger partial charge in [-0.3, -0.25) is 4.90 Å². The van der Waals surface area contributed by atoms with E-state index in [9.17, 15) is 4.79 Å². The van der Waals surface area contributed by atoms with Crippen molar-refractivity contribution >= 4 is 6.09 Å². The van der Waals surface area contributed by atoms with Crippen molar-refractivity contribution in [2.45, 2.75) is 52.2 Å². The Morgan fingerprint density at radius 1 is 1.42 bits per heavy atom. The highest BCUT2D eigenvalue weighted by molar-refractivity contribution is 5.68. The van der Waals surface area contributed by atoms with Gasteiger partial charge in [0, 0.05) is 32.1 Å². The molecule has 0 spiro atoms. The Bertz CT molecular complexity index is 344. The summed E-state index contributed by atoms with van der Waals surface area (Å²) < 4.78 is 5.41. The molecule has 0 unspecified atom stereocenters. The van der Waals surface area contributed by atoms with Gasteiger partial charge in [-0.25, -0.2) is 4.79 Å². The SMILES string of the molecule is C[C@H]1CN(CCCC#N)CCN1C(=O)OC(C)(C)C. The van der Waals surface area contributed by atoms with E-state index in [4.69, 9.17) is 10.00 Å². The highest BCUT2D eigenvalue weighted by Gasteiger charge is 2.30. The molecule has 1 atom stereocenters. The van der Waals surface area contributed by atoms with Gasteiger partial charge < -0.3 is 9.64 Å². The second-order valence-electron chi connectivity index (χ2n) is 6.09. The molecule has 0 radical (unpaired) electrons. The van der Waals surface area contributed by atoms with Crippen LogP contribution in [0.3, 0.4) is 0 Å². The molecule has 1 saturated heterocycles. The number of nitrogens with zero attached hydrogens (tertiary/aromatic N) is 3. The molecule has 0 bridgehead atoms. The van der Waals surface area contributed by atoms with Gasteiger partial charge in [0.2, 0.25) is 0 Å². The van der Waals surface area contributed by atoms with Gasteiger partial charge in [-0.1, -0.05) is 0 Å². The predicted molar refractivity (Wildman–Crippen MR) is 73.7 cm³/mol. The maximum atomic E-state index is 12.0. The molecular weight excluding hydrogens is 242 g/mol. The summed E-state index contributed by atoms with van der Waals surface area (Å²) >= 11 is 0. The lowest BCUT2D eigenvalue weighted by molar-refractivity contribution is 0.00145. The molecule has 0 aliphatic carbocycles. The van der Waals surface area contributed by atoms with Gasteiger partial charge in [0.25, 0.3) is 0 Å². The minimum absolute atomic E-state index is 0.158. The van der Waals surface area contributed by atoms with Crippen molar-refractivity contribution in [3.05, 3.63) is 0 Å². The third kappa shape index (κ3) is 5.48. The number of hydrogen-bond acceptors (Lipinski definition) is 4. The van der Waals surface area contributed by atoms with Crippen molar-refractivity contribution in [1.29, 1.82) is 5.26 Å². The normalized spacial score (nSPS) is 21.0. The van der Waals surface area contributed by atoms with Gasteiger partial charge in [-0.15, -0.1) is 0 Å². The number of nitriles is 1. The van der Waals surface area contributed by atoms with Crippen LogP contribution in [0.5, 0.6) is 0 Å².